The van der Waals surface area contributed by atoms with Gasteiger partial charge in [0.05, 0.1) is 10.8 Å². The summed E-state index contributed by atoms with van der Waals surface area (Å²) in [6, 6.07) is 6.67. The van der Waals surface area contributed by atoms with Crippen LogP contribution in [0.25, 0.3) is 0 Å². The highest BCUT2D eigenvalue weighted by molar-refractivity contribution is 6.45. The van der Waals surface area contributed by atoms with Gasteiger partial charge in [-0.05, 0) is 38.1 Å². The van der Waals surface area contributed by atoms with Crippen molar-refractivity contribution in [3.63, 3.8) is 0 Å². The molecule has 4 heteroatoms. The number of carbonyl (C=O) groups is 1. The molecule has 0 fully saturated rings. The Balaban J connectivity index is 2.72. The van der Waals surface area contributed by atoms with Gasteiger partial charge in [-0.1, -0.05) is 0 Å². The van der Waals surface area contributed by atoms with Gasteiger partial charge in [-0.15, -0.1) is 12.3 Å². The summed E-state index contributed by atoms with van der Waals surface area (Å²) in [7, 11) is 0.373. The van der Waals surface area contributed by atoms with Crippen molar-refractivity contribution < 1.29 is 9.53 Å². The summed E-state index contributed by atoms with van der Waals surface area (Å²) in [5, 5.41) is -0.500. The first kappa shape index (κ1) is 12.5. The van der Waals surface area contributed by atoms with Crippen LogP contribution in [0.4, 0.5) is 5.69 Å². The highest BCUT2D eigenvalue weighted by Gasteiger charge is 2.22. The van der Waals surface area contributed by atoms with Crippen molar-refractivity contribution in [1.29, 1.82) is 0 Å². The lowest BCUT2D eigenvalue weighted by atomic mass is 10.2. The van der Waals surface area contributed by atoms with E-state index in [0.717, 1.165) is 0 Å². The van der Waals surface area contributed by atoms with Crippen LogP contribution in [0.2, 0.25) is 0 Å². The second-order valence-corrected chi connectivity index (χ2v) is 5.77. The number of rotatable bonds is 4. The Morgan fingerprint density at radius 1 is 1.44 bits per heavy atom. The Morgan fingerprint density at radius 2 is 2.00 bits per heavy atom. The molecule has 0 heterocycles. The van der Waals surface area contributed by atoms with Gasteiger partial charge in [-0.25, -0.2) is 4.79 Å². The topological polar surface area (TPSA) is 52.3 Å². The molecule has 0 aliphatic carbocycles. The Hall–Kier alpha value is -1.55. The van der Waals surface area contributed by atoms with Gasteiger partial charge in [0.1, 0.15) is 9.52 Å². The van der Waals surface area contributed by atoms with E-state index < -0.39 is 5.22 Å². The number of esters is 1. The summed E-state index contributed by atoms with van der Waals surface area (Å²) in [6.45, 7) is 7.37. The zero-order valence-corrected chi connectivity index (χ0v) is 10.5. The van der Waals surface area contributed by atoms with Gasteiger partial charge in [-0.3, -0.25) is 0 Å². The summed E-state index contributed by atoms with van der Waals surface area (Å²) in [5.41, 5.74) is 8.44. The molecule has 1 rings (SSSR count). The second kappa shape index (κ2) is 4.98. The van der Waals surface area contributed by atoms with Crippen molar-refractivity contribution in [3.05, 3.63) is 42.1 Å². The number of nitrogen functional groups attached to an aromatic ring is 1. The lowest BCUT2D eigenvalue weighted by molar-refractivity contribution is 0.0267. The molecule has 2 N–H and O–H groups in total. The van der Waals surface area contributed by atoms with Gasteiger partial charge in [-0.2, -0.15) is 0 Å². The molecular formula is C12H15NO2Si. The number of hydrogen-bond acceptors (Lipinski definition) is 3. The lowest BCUT2D eigenvalue weighted by Crippen LogP contribution is -2.33. The maximum Gasteiger partial charge on any atom is 0.338 e. The van der Waals surface area contributed by atoms with E-state index in [1.165, 1.54) is 0 Å². The van der Waals surface area contributed by atoms with Gasteiger partial charge < -0.3 is 10.5 Å². The Kier molecular flexibility index (Phi) is 3.90. The van der Waals surface area contributed by atoms with Crippen LogP contribution in [0, 0.1) is 0 Å². The Bertz CT molecular complexity index is 385. The first-order valence-electron chi connectivity index (χ1n) is 4.92. The molecule has 1 aromatic rings. The molecule has 0 aliphatic rings. The zero-order chi connectivity index (χ0) is 12.2. The number of hydrogen-bond donors (Lipinski definition) is 1. The smallest absolute Gasteiger partial charge is 0.338 e. The van der Waals surface area contributed by atoms with Crippen LogP contribution >= 0.6 is 0 Å². The molecule has 16 heavy (non-hydrogen) atoms. The summed E-state index contributed by atoms with van der Waals surface area (Å²) in [4.78, 5) is 11.8. The predicted molar refractivity (Wildman–Crippen MR) is 66.3 cm³/mol. The number of anilines is 1. The van der Waals surface area contributed by atoms with E-state index >= 15 is 0 Å². The lowest BCUT2D eigenvalue weighted by Gasteiger charge is -2.22. The van der Waals surface area contributed by atoms with E-state index in [-0.39, 0.29) is 5.97 Å². The highest BCUT2D eigenvalue weighted by Crippen LogP contribution is 2.13. The van der Waals surface area contributed by atoms with Crippen molar-refractivity contribution in [2.45, 2.75) is 19.1 Å². The highest BCUT2D eigenvalue weighted by atomic mass is 28.2. The standard InChI is InChI=1S/C12H15NO2Si/c1-4-16-12(2,3)15-11(14)9-5-7-10(13)8-6-9/h4-8H,1,13H2,2-3H3. The zero-order valence-electron chi connectivity index (χ0n) is 9.49. The Morgan fingerprint density at radius 3 is 2.50 bits per heavy atom. The molecule has 0 atom stereocenters. The van der Waals surface area contributed by atoms with Crippen LogP contribution in [0.3, 0.4) is 0 Å². The molecule has 2 radical (unpaired) electrons. The van der Waals surface area contributed by atoms with Crippen molar-refractivity contribution in [1.82, 2.24) is 0 Å². The Labute approximate surface area is 98.1 Å². The van der Waals surface area contributed by atoms with E-state index in [2.05, 4.69) is 6.58 Å². The van der Waals surface area contributed by atoms with Crippen LogP contribution in [-0.2, 0) is 4.74 Å². The van der Waals surface area contributed by atoms with Gasteiger partial charge in [0.25, 0.3) is 0 Å². The van der Waals surface area contributed by atoms with Crippen LogP contribution < -0.4 is 5.73 Å². The maximum atomic E-state index is 11.8. The summed E-state index contributed by atoms with van der Waals surface area (Å²) >= 11 is 0. The molecular weight excluding hydrogens is 218 g/mol. The molecule has 0 aliphatic heterocycles. The largest absolute Gasteiger partial charge is 0.460 e. The fraction of sp³-hybridized carbons (Fsp3) is 0.250. The fourth-order valence-corrected chi connectivity index (χ4v) is 1.83. The number of carbonyl (C=O) groups excluding carboxylic acids is 1. The van der Waals surface area contributed by atoms with E-state index in [1.54, 1.807) is 30.0 Å². The van der Waals surface area contributed by atoms with Gasteiger partial charge in [0, 0.05) is 5.69 Å². The van der Waals surface area contributed by atoms with Crippen LogP contribution in [0.5, 0.6) is 0 Å². The van der Waals surface area contributed by atoms with Crippen molar-refractivity contribution in [2.75, 3.05) is 5.73 Å². The minimum Gasteiger partial charge on any atom is -0.460 e. The van der Waals surface area contributed by atoms with Crippen LogP contribution in [0.15, 0.2) is 36.5 Å². The summed E-state index contributed by atoms with van der Waals surface area (Å²) < 4.78 is 5.37. The molecule has 0 amide bonds. The van der Waals surface area contributed by atoms with E-state index in [9.17, 15) is 4.79 Å². The predicted octanol–water partition coefficient (Wildman–Crippen LogP) is 2.01. The third kappa shape index (κ3) is 3.55. The normalized spacial score (nSPS) is 10.9. The SMILES string of the molecule is C=C[Si]C(C)(C)OC(=O)c1ccc(N)cc1. The van der Waals surface area contributed by atoms with Crippen LogP contribution in [-0.4, -0.2) is 20.7 Å². The van der Waals surface area contributed by atoms with Crippen LogP contribution in [0.1, 0.15) is 24.2 Å². The third-order valence-electron chi connectivity index (χ3n) is 1.94. The van der Waals surface area contributed by atoms with Crippen molar-refractivity contribution in [3.8, 4) is 0 Å². The summed E-state index contributed by atoms with van der Waals surface area (Å²) in [5.74, 6) is -0.334. The molecule has 0 aromatic heterocycles. The number of benzene rings is 1. The molecule has 3 nitrogen and oxygen atoms in total. The molecule has 84 valence electrons. The first-order valence-corrected chi connectivity index (χ1v) is 6.00. The maximum absolute atomic E-state index is 11.8. The minimum absolute atomic E-state index is 0.334. The van der Waals surface area contributed by atoms with Gasteiger partial charge in [0.2, 0.25) is 0 Å². The molecule has 0 bridgehead atoms. The monoisotopic (exact) mass is 233 g/mol. The molecule has 0 saturated carbocycles. The quantitative estimate of drug-likeness (QED) is 0.491. The third-order valence-corrected chi connectivity index (χ3v) is 2.95. The van der Waals surface area contributed by atoms with Crippen molar-refractivity contribution >= 4 is 21.2 Å². The van der Waals surface area contributed by atoms with Gasteiger partial charge in [0.15, 0.2) is 0 Å². The number of ether oxygens (including phenoxy) is 1. The molecule has 0 spiro atoms. The van der Waals surface area contributed by atoms with E-state index in [1.807, 2.05) is 13.8 Å². The van der Waals surface area contributed by atoms with Gasteiger partial charge >= 0.3 is 5.97 Å². The first-order chi connectivity index (χ1) is 7.44. The molecule has 0 saturated heterocycles. The molecule has 0 unspecified atom stereocenters. The summed E-state index contributed by atoms with van der Waals surface area (Å²) in [6.07, 6.45) is 0. The molecule has 1 aromatic carbocycles. The average molecular weight is 233 g/mol. The number of nitrogens with two attached hydrogens (primary N) is 1. The average Bonchev–Trinajstić information content (AvgIpc) is 2.17. The fourth-order valence-electron chi connectivity index (χ4n) is 1.19. The second-order valence-electron chi connectivity index (χ2n) is 3.87. The minimum atomic E-state index is -0.500. The van der Waals surface area contributed by atoms with E-state index in [0.29, 0.717) is 20.8 Å². The van der Waals surface area contributed by atoms with Crippen molar-refractivity contribution in [2.24, 2.45) is 0 Å². The van der Waals surface area contributed by atoms with E-state index in [4.69, 9.17) is 10.5 Å².